The van der Waals surface area contributed by atoms with E-state index in [0.29, 0.717) is 16.7 Å². The number of rotatable bonds is 3. The summed E-state index contributed by atoms with van der Waals surface area (Å²) in [6.07, 6.45) is 0.195. The van der Waals surface area contributed by atoms with Gasteiger partial charge in [-0.15, -0.1) is 0 Å². The van der Waals surface area contributed by atoms with E-state index in [1.807, 2.05) is 0 Å². The van der Waals surface area contributed by atoms with Crippen LogP contribution in [0.3, 0.4) is 0 Å². The van der Waals surface area contributed by atoms with Crippen LogP contribution in [0, 0.1) is 0 Å². The van der Waals surface area contributed by atoms with Gasteiger partial charge in [0.1, 0.15) is 6.04 Å². The Morgan fingerprint density at radius 3 is 3.00 bits per heavy atom. The molecule has 2 rings (SSSR count). The lowest BCUT2D eigenvalue weighted by Crippen LogP contribution is -2.32. The van der Waals surface area contributed by atoms with E-state index in [-0.39, 0.29) is 6.42 Å². The third-order valence-electron chi connectivity index (χ3n) is 2.26. The van der Waals surface area contributed by atoms with Crippen molar-refractivity contribution in [2.45, 2.75) is 12.5 Å². The number of carbonyl (C=O) groups is 1. The highest BCUT2D eigenvalue weighted by Gasteiger charge is 2.12. The average Bonchev–Trinajstić information content (AvgIpc) is 2.57. The number of H-pyrrole nitrogens is 1. The van der Waals surface area contributed by atoms with Gasteiger partial charge in [-0.25, -0.2) is 4.79 Å². The highest BCUT2D eigenvalue weighted by molar-refractivity contribution is 5.75. The first-order valence-electron chi connectivity index (χ1n) is 4.66. The van der Waals surface area contributed by atoms with Crippen LogP contribution in [0.25, 0.3) is 11.1 Å². The Morgan fingerprint density at radius 2 is 2.31 bits per heavy atom. The monoisotopic (exact) mass is 222 g/mol. The Balaban J connectivity index is 2.32. The largest absolute Gasteiger partial charge is 0.480 e. The van der Waals surface area contributed by atoms with Gasteiger partial charge >= 0.3 is 11.7 Å². The Hall–Kier alpha value is -2.08. The number of hydrogen-bond acceptors (Lipinski definition) is 4. The van der Waals surface area contributed by atoms with E-state index in [4.69, 9.17) is 15.3 Å². The van der Waals surface area contributed by atoms with E-state index >= 15 is 0 Å². The Labute approximate surface area is 89.7 Å². The molecule has 6 heteroatoms. The molecule has 0 aliphatic rings. The Morgan fingerprint density at radius 1 is 1.56 bits per heavy atom. The van der Waals surface area contributed by atoms with Crippen molar-refractivity contribution in [3.63, 3.8) is 0 Å². The van der Waals surface area contributed by atoms with Crippen LogP contribution in [0.5, 0.6) is 0 Å². The van der Waals surface area contributed by atoms with Gasteiger partial charge in [-0.05, 0) is 24.1 Å². The van der Waals surface area contributed by atoms with Gasteiger partial charge in [0.2, 0.25) is 0 Å². The van der Waals surface area contributed by atoms with Crippen molar-refractivity contribution in [2.24, 2.45) is 5.73 Å². The SMILES string of the molecule is N[C@H](Cc1ccc2[nH]c(=O)oc2c1)C(=O)O. The molecule has 2 aromatic rings. The van der Waals surface area contributed by atoms with Crippen LogP contribution in [0.4, 0.5) is 0 Å². The minimum absolute atomic E-state index is 0.195. The summed E-state index contributed by atoms with van der Waals surface area (Å²) in [5.74, 6) is -1.59. The molecule has 0 amide bonds. The van der Waals surface area contributed by atoms with Gasteiger partial charge in [-0.2, -0.15) is 0 Å². The molecule has 1 heterocycles. The van der Waals surface area contributed by atoms with Gasteiger partial charge in [0.15, 0.2) is 5.58 Å². The summed E-state index contributed by atoms with van der Waals surface area (Å²) in [5, 5.41) is 8.66. The number of carboxylic acids is 1. The Kier molecular flexibility index (Phi) is 2.49. The summed E-state index contributed by atoms with van der Waals surface area (Å²) < 4.78 is 4.85. The maximum absolute atomic E-state index is 10.9. The molecule has 0 saturated carbocycles. The molecule has 16 heavy (non-hydrogen) atoms. The highest BCUT2D eigenvalue weighted by atomic mass is 16.4. The summed E-state index contributed by atoms with van der Waals surface area (Å²) in [4.78, 5) is 23.9. The standard InChI is InChI=1S/C10H10N2O4/c11-6(9(13)14)3-5-1-2-7-8(4-5)16-10(15)12-7/h1-2,4,6H,3,11H2,(H,12,15)(H,13,14)/t6-/m1/s1. The van der Waals surface area contributed by atoms with E-state index in [2.05, 4.69) is 4.98 Å². The number of benzene rings is 1. The van der Waals surface area contributed by atoms with E-state index in [9.17, 15) is 9.59 Å². The second-order valence-corrected chi connectivity index (χ2v) is 3.49. The molecule has 0 radical (unpaired) electrons. The molecule has 1 atom stereocenters. The first-order valence-corrected chi connectivity index (χ1v) is 4.66. The molecule has 1 aromatic heterocycles. The maximum Gasteiger partial charge on any atom is 0.417 e. The third kappa shape index (κ3) is 1.96. The molecule has 1 aromatic carbocycles. The number of carboxylic acid groups (broad SMARTS) is 1. The van der Waals surface area contributed by atoms with Crippen molar-refractivity contribution in [3.8, 4) is 0 Å². The van der Waals surface area contributed by atoms with Crippen LogP contribution in [0.1, 0.15) is 5.56 Å². The van der Waals surface area contributed by atoms with Crippen molar-refractivity contribution < 1.29 is 14.3 Å². The van der Waals surface area contributed by atoms with Crippen LogP contribution >= 0.6 is 0 Å². The van der Waals surface area contributed by atoms with Crippen LogP contribution in [0.2, 0.25) is 0 Å². The van der Waals surface area contributed by atoms with Crippen molar-refractivity contribution in [2.75, 3.05) is 0 Å². The van der Waals surface area contributed by atoms with Gasteiger partial charge in [0.25, 0.3) is 0 Å². The van der Waals surface area contributed by atoms with Gasteiger partial charge in [0.05, 0.1) is 5.52 Å². The van der Waals surface area contributed by atoms with Gasteiger partial charge in [-0.1, -0.05) is 6.07 Å². The number of aromatic amines is 1. The molecule has 0 bridgehead atoms. The Bertz CT molecular complexity index is 584. The van der Waals surface area contributed by atoms with Crippen LogP contribution < -0.4 is 11.5 Å². The molecule has 0 saturated heterocycles. The van der Waals surface area contributed by atoms with Crippen LogP contribution in [0.15, 0.2) is 27.4 Å². The molecule has 0 spiro atoms. The summed E-state index contributed by atoms with van der Waals surface area (Å²) in [6, 6.07) is 4.01. The molecule has 0 unspecified atom stereocenters. The highest BCUT2D eigenvalue weighted by Crippen LogP contribution is 2.13. The van der Waals surface area contributed by atoms with E-state index in [0.717, 1.165) is 0 Å². The predicted octanol–water partition coefficient (Wildman–Crippen LogP) is 0.0755. The molecule has 6 nitrogen and oxygen atoms in total. The molecular formula is C10H10N2O4. The summed E-state index contributed by atoms with van der Waals surface area (Å²) >= 11 is 0. The van der Waals surface area contributed by atoms with E-state index < -0.39 is 17.8 Å². The number of hydrogen-bond donors (Lipinski definition) is 3. The fourth-order valence-corrected chi connectivity index (χ4v) is 1.46. The molecule has 0 fully saturated rings. The number of fused-ring (bicyclic) bond motifs is 1. The van der Waals surface area contributed by atoms with Gasteiger partial charge in [0, 0.05) is 0 Å². The number of nitrogens with one attached hydrogen (secondary N) is 1. The lowest BCUT2D eigenvalue weighted by Gasteiger charge is -2.05. The number of oxazole rings is 1. The minimum atomic E-state index is -1.06. The zero-order valence-electron chi connectivity index (χ0n) is 8.27. The second-order valence-electron chi connectivity index (χ2n) is 3.49. The van der Waals surface area contributed by atoms with Crippen molar-refractivity contribution in [1.29, 1.82) is 0 Å². The van der Waals surface area contributed by atoms with Crippen LogP contribution in [-0.2, 0) is 11.2 Å². The zero-order chi connectivity index (χ0) is 11.7. The second kappa shape index (κ2) is 3.82. The number of nitrogens with two attached hydrogens (primary N) is 1. The minimum Gasteiger partial charge on any atom is -0.480 e. The fourth-order valence-electron chi connectivity index (χ4n) is 1.46. The molecule has 0 aliphatic heterocycles. The third-order valence-corrected chi connectivity index (χ3v) is 2.26. The summed E-state index contributed by atoms with van der Waals surface area (Å²) in [5.41, 5.74) is 7.10. The fraction of sp³-hybridized carbons (Fsp3) is 0.200. The predicted molar refractivity (Wildman–Crippen MR) is 56.1 cm³/mol. The number of aromatic nitrogens is 1. The maximum atomic E-state index is 10.9. The number of aliphatic carboxylic acids is 1. The molecule has 84 valence electrons. The smallest absolute Gasteiger partial charge is 0.417 e. The van der Waals surface area contributed by atoms with E-state index in [1.54, 1.807) is 18.2 Å². The van der Waals surface area contributed by atoms with Crippen molar-refractivity contribution in [3.05, 3.63) is 34.3 Å². The van der Waals surface area contributed by atoms with Crippen molar-refractivity contribution in [1.82, 2.24) is 4.98 Å². The lowest BCUT2D eigenvalue weighted by atomic mass is 10.1. The van der Waals surface area contributed by atoms with E-state index in [1.165, 1.54) is 0 Å². The quantitative estimate of drug-likeness (QED) is 0.681. The van der Waals surface area contributed by atoms with Crippen LogP contribution in [-0.4, -0.2) is 22.1 Å². The molecule has 4 N–H and O–H groups in total. The van der Waals surface area contributed by atoms with Crippen molar-refractivity contribution >= 4 is 17.1 Å². The normalized spacial score (nSPS) is 12.8. The lowest BCUT2D eigenvalue weighted by molar-refractivity contribution is -0.138. The molecule has 0 aliphatic carbocycles. The summed E-state index contributed by atoms with van der Waals surface area (Å²) in [6.45, 7) is 0. The van der Waals surface area contributed by atoms with Gasteiger partial charge in [-0.3, -0.25) is 9.78 Å². The average molecular weight is 222 g/mol. The zero-order valence-corrected chi connectivity index (χ0v) is 8.27. The first-order chi connectivity index (χ1) is 7.56. The first kappa shape index (κ1) is 10.4. The van der Waals surface area contributed by atoms with Gasteiger partial charge < -0.3 is 15.3 Å². The molecular weight excluding hydrogens is 212 g/mol. The topological polar surface area (TPSA) is 109 Å². The summed E-state index contributed by atoms with van der Waals surface area (Å²) in [7, 11) is 0.